The summed E-state index contributed by atoms with van der Waals surface area (Å²) in [6.45, 7) is 0.714. The molecular formula is C10H16O2. The van der Waals surface area contributed by atoms with Gasteiger partial charge in [0.05, 0.1) is 6.61 Å². The fourth-order valence-corrected chi connectivity index (χ4v) is 2.18. The van der Waals surface area contributed by atoms with Gasteiger partial charge in [-0.25, -0.2) is 0 Å². The molecule has 2 unspecified atom stereocenters. The van der Waals surface area contributed by atoms with E-state index < -0.39 is 6.29 Å². The van der Waals surface area contributed by atoms with E-state index in [1.54, 1.807) is 0 Å². The summed E-state index contributed by atoms with van der Waals surface area (Å²) in [5.41, 5.74) is -0.0312. The summed E-state index contributed by atoms with van der Waals surface area (Å²) in [6, 6.07) is 0. The topological polar surface area (TPSA) is 29.5 Å². The van der Waals surface area contributed by atoms with Gasteiger partial charge in [-0.15, -0.1) is 0 Å². The molecule has 0 aromatic rings. The Labute approximate surface area is 73.2 Å². The molecule has 1 saturated heterocycles. The van der Waals surface area contributed by atoms with Crippen molar-refractivity contribution < 1.29 is 9.84 Å². The van der Waals surface area contributed by atoms with Crippen molar-refractivity contribution in [3.63, 3.8) is 0 Å². The van der Waals surface area contributed by atoms with Crippen molar-refractivity contribution in [3.05, 3.63) is 12.2 Å². The minimum Gasteiger partial charge on any atom is -0.367 e. The van der Waals surface area contributed by atoms with E-state index in [1.165, 1.54) is 12.8 Å². The average molecular weight is 168 g/mol. The minimum atomic E-state index is -0.549. The lowest BCUT2D eigenvalue weighted by atomic mass is 9.81. The third kappa shape index (κ3) is 1.29. The predicted octanol–water partition coefficient (Wildman–Crippen LogP) is 1.84. The zero-order chi connectivity index (χ0) is 8.44. The summed E-state index contributed by atoms with van der Waals surface area (Å²) in [4.78, 5) is 0. The van der Waals surface area contributed by atoms with Gasteiger partial charge >= 0.3 is 0 Å². The summed E-state index contributed by atoms with van der Waals surface area (Å²) in [5, 5.41) is 9.66. The Morgan fingerprint density at radius 1 is 1.33 bits per heavy atom. The van der Waals surface area contributed by atoms with Crippen molar-refractivity contribution >= 4 is 0 Å². The van der Waals surface area contributed by atoms with Gasteiger partial charge in [0, 0.05) is 5.41 Å². The average Bonchev–Trinajstić information content (AvgIpc) is 2.33. The van der Waals surface area contributed by atoms with E-state index in [4.69, 9.17) is 4.74 Å². The van der Waals surface area contributed by atoms with E-state index in [2.05, 4.69) is 12.2 Å². The van der Waals surface area contributed by atoms with Gasteiger partial charge in [-0.1, -0.05) is 18.6 Å². The highest BCUT2D eigenvalue weighted by Crippen LogP contribution is 2.41. The SMILES string of the molecule is OC1OCCC12C=CCCCC2. The van der Waals surface area contributed by atoms with E-state index in [-0.39, 0.29) is 5.41 Å². The van der Waals surface area contributed by atoms with Crippen LogP contribution in [0, 0.1) is 5.41 Å². The summed E-state index contributed by atoms with van der Waals surface area (Å²) >= 11 is 0. The Morgan fingerprint density at radius 3 is 3.00 bits per heavy atom. The number of allylic oxidation sites excluding steroid dienone is 1. The van der Waals surface area contributed by atoms with E-state index in [0.717, 1.165) is 19.3 Å². The molecule has 1 aliphatic heterocycles. The van der Waals surface area contributed by atoms with Crippen LogP contribution in [0.4, 0.5) is 0 Å². The molecule has 0 radical (unpaired) electrons. The standard InChI is InChI=1S/C10H16O2/c11-9-10(7-8-12-9)5-3-1-2-4-6-10/h3,5,9,11H,1-2,4,6-8H2. The summed E-state index contributed by atoms with van der Waals surface area (Å²) in [6.07, 6.45) is 9.54. The van der Waals surface area contributed by atoms with Crippen LogP contribution in [0.2, 0.25) is 0 Å². The molecule has 2 atom stereocenters. The monoisotopic (exact) mass is 168 g/mol. The second kappa shape index (κ2) is 3.19. The molecule has 0 saturated carbocycles. The van der Waals surface area contributed by atoms with Crippen molar-refractivity contribution in [2.75, 3.05) is 6.61 Å². The number of aliphatic hydroxyl groups is 1. The Morgan fingerprint density at radius 2 is 2.25 bits per heavy atom. The highest BCUT2D eigenvalue weighted by molar-refractivity contribution is 5.05. The van der Waals surface area contributed by atoms with Crippen molar-refractivity contribution in [2.24, 2.45) is 5.41 Å². The van der Waals surface area contributed by atoms with E-state index >= 15 is 0 Å². The lowest BCUT2D eigenvalue weighted by molar-refractivity contribution is -0.105. The van der Waals surface area contributed by atoms with E-state index in [1.807, 2.05) is 0 Å². The van der Waals surface area contributed by atoms with Crippen LogP contribution in [0.15, 0.2) is 12.2 Å². The Kier molecular flexibility index (Phi) is 2.20. The maximum absolute atomic E-state index is 9.66. The lowest BCUT2D eigenvalue weighted by Crippen LogP contribution is -2.28. The first-order chi connectivity index (χ1) is 5.83. The molecule has 12 heavy (non-hydrogen) atoms. The Balaban J connectivity index is 2.15. The lowest BCUT2D eigenvalue weighted by Gasteiger charge is -2.26. The van der Waals surface area contributed by atoms with Crippen molar-refractivity contribution in [1.82, 2.24) is 0 Å². The highest BCUT2D eigenvalue weighted by atomic mass is 16.6. The highest BCUT2D eigenvalue weighted by Gasteiger charge is 2.40. The van der Waals surface area contributed by atoms with Gasteiger partial charge in [-0.3, -0.25) is 0 Å². The summed E-state index contributed by atoms with van der Waals surface area (Å²) in [5.74, 6) is 0. The first-order valence-electron chi connectivity index (χ1n) is 4.81. The maximum atomic E-state index is 9.66. The van der Waals surface area contributed by atoms with Crippen LogP contribution < -0.4 is 0 Å². The van der Waals surface area contributed by atoms with Crippen LogP contribution in [0.3, 0.4) is 0 Å². The Hall–Kier alpha value is -0.340. The van der Waals surface area contributed by atoms with Gasteiger partial charge < -0.3 is 9.84 Å². The third-order valence-corrected chi connectivity index (χ3v) is 3.05. The molecule has 0 amide bonds. The van der Waals surface area contributed by atoms with Crippen LogP contribution in [-0.2, 0) is 4.74 Å². The molecular weight excluding hydrogens is 152 g/mol. The number of aliphatic hydroxyl groups excluding tert-OH is 1. The smallest absolute Gasteiger partial charge is 0.163 e. The molecule has 1 aliphatic carbocycles. The fraction of sp³-hybridized carbons (Fsp3) is 0.800. The van der Waals surface area contributed by atoms with Gasteiger partial charge in [0.1, 0.15) is 0 Å². The van der Waals surface area contributed by atoms with Crippen LogP contribution in [0.25, 0.3) is 0 Å². The van der Waals surface area contributed by atoms with E-state index in [9.17, 15) is 5.11 Å². The summed E-state index contributed by atoms with van der Waals surface area (Å²) in [7, 11) is 0. The zero-order valence-electron chi connectivity index (χ0n) is 7.33. The van der Waals surface area contributed by atoms with Gasteiger partial charge in [0.15, 0.2) is 6.29 Å². The molecule has 2 nitrogen and oxygen atoms in total. The van der Waals surface area contributed by atoms with Crippen molar-refractivity contribution in [3.8, 4) is 0 Å². The molecule has 0 aromatic heterocycles. The molecule has 1 N–H and O–H groups in total. The van der Waals surface area contributed by atoms with Gasteiger partial charge in [-0.05, 0) is 25.7 Å². The quantitative estimate of drug-likeness (QED) is 0.559. The molecule has 0 aromatic carbocycles. The normalized spacial score (nSPS) is 41.9. The molecule has 2 heteroatoms. The van der Waals surface area contributed by atoms with Crippen LogP contribution in [0.5, 0.6) is 0 Å². The maximum Gasteiger partial charge on any atom is 0.163 e. The number of hydrogen-bond acceptors (Lipinski definition) is 2. The van der Waals surface area contributed by atoms with Crippen molar-refractivity contribution in [2.45, 2.75) is 38.4 Å². The van der Waals surface area contributed by atoms with Gasteiger partial charge in [0.25, 0.3) is 0 Å². The van der Waals surface area contributed by atoms with Crippen LogP contribution >= 0.6 is 0 Å². The third-order valence-electron chi connectivity index (χ3n) is 3.05. The Bertz CT molecular complexity index is 188. The number of ether oxygens (including phenoxy) is 1. The van der Waals surface area contributed by atoms with E-state index in [0.29, 0.717) is 6.61 Å². The first-order valence-corrected chi connectivity index (χ1v) is 4.81. The minimum absolute atomic E-state index is 0.0312. The number of hydrogen-bond donors (Lipinski definition) is 1. The first kappa shape index (κ1) is 8.27. The molecule has 0 bridgehead atoms. The fourth-order valence-electron chi connectivity index (χ4n) is 2.18. The van der Waals surface area contributed by atoms with Gasteiger partial charge in [-0.2, -0.15) is 0 Å². The zero-order valence-corrected chi connectivity index (χ0v) is 7.33. The second-order valence-corrected chi connectivity index (χ2v) is 3.85. The molecule has 1 spiro atoms. The van der Waals surface area contributed by atoms with Gasteiger partial charge in [0.2, 0.25) is 0 Å². The molecule has 1 fully saturated rings. The summed E-state index contributed by atoms with van der Waals surface area (Å²) < 4.78 is 5.21. The second-order valence-electron chi connectivity index (χ2n) is 3.85. The number of rotatable bonds is 0. The molecule has 68 valence electrons. The van der Waals surface area contributed by atoms with Crippen LogP contribution in [-0.4, -0.2) is 18.0 Å². The largest absolute Gasteiger partial charge is 0.367 e. The molecule has 2 rings (SSSR count). The van der Waals surface area contributed by atoms with Crippen molar-refractivity contribution in [1.29, 1.82) is 0 Å². The predicted molar refractivity (Wildman–Crippen MR) is 46.6 cm³/mol. The van der Waals surface area contributed by atoms with Crippen LogP contribution in [0.1, 0.15) is 32.1 Å². The molecule has 1 heterocycles. The molecule has 2 aliphatic rings.